The summed E-state index contributed by atoms with van der Waals surface area (Å²) < 4.78 is 5.79. The van der Waals surface area contributed by atoms with Crippen molar-refractivity contribution in [3.8, 4) is 5.75 Å². The summed E-state index contributed by atoms with van der Waals surface area (Å²) in [7, 11) is 1.76. The van der Waals surface area contributed by atoms with Gasteiger partial charge >= 0.3 is 0 Å². The number of ether oxygens (including phenoxy) is 1. The fourth-order valence-electron chi connectivity index (χ4n) is 2.11. The number of guanidine groups is 1. The van der Waals surface area contributed by atoms with Crippen LogP contribution in [0.5, 0.6) is 5.75 Å². The average molecular weight is 446 g/mol. The highest BCUT2D eigenvalue weighted by atomic mass is 127. The maximum Gasteiger partial charge on any atom is 0.191 e. The van der Waals surface area contributed by atoms with Crippen LogP contribution in [0.25, 0.3) is 0 Å². The molecule has 136 valence electrons. The molecule has 0 bridgehead atoms. The predicted molar refractivity (Wildman–Crippen MR) is 114 cm³/mol. The number of halogens is 1. The molecule has 24 heavy (non-hydrogen) atoms. The number of hydrogen-bond donors (Lipinski definition) is 2. The van der Waals surface area contributed by atoms with Gasteiger partial charge in [0, 0.05) is 26.7 Å². The van der Waals surface area contributed by atoms with E-state index in [2.05, 4.69) is 53.1 Å². The van der Waals surface area contributed by atoms with E-state index in [4.69, 9.17) is 4.74 Å². The van der Waals surface area contributed by atoms with Gasteiger partial charge in [-0.3, -0.25) is 4.99 Å². The summed E-state index contributed by atoms with van der Waals surface area (Å²) in [5, 5.41) is 6.40. The summed E-state index contributed by atoms with van der Waals surface area (Å²) in [4.78, 5) is 6.50. The molecule has 0 aliphatic rings. The van der Waals surface area contributed by atoms with Crippen LogP contribution in [0.4, 0.5) is 0 Å². The second-order valence-electron chi connectivity index (χ2n) is 5.11. The first-order valence-corrected chi connectivity index (χ1v) is 8.23. The van der Waals surface area contributed by atoms with Crippen molar-refractivity contribution in [3.63, 3.8) is 0 Å². The van der Waals surface area contributed by atoms with Crippen LogP contribution in [0.3, 0.4) is 0 Å². The van der Waals surface area contributed by atoms with Gasteiger partial charge in [0.25, 0.3) is 0 Å². The van der Waals surface area contributed by atoms with Gasteiger partial charge in [-0.1, -0.05) is 32.1 Å². The predicted octanol–water partition coefficient (Wildman–Crippen LogP) is 2.88. The van der Waals surface area contributed by atoms with E-state index < -0.39 is 0 Å². The monoisotopic (exact) mass is 446 g/mol. The van der Waals surface area contributed by atoms with Crippen molar-refractivity contribution in [3.05, 3.63) is 42.5 Å². The lowest BCUT2D eigenvalue weighted by molar-refractivity contribution is 0.223. The molecule has 0 atom stereocenters. The normalized spacial score (nSPS) is 10.9. The van der Waals surface area contributed by atoms with Crippen molar-refractivity contribution in [2.75, 3.05) is 39.8 Å². The fraction of sp³-hybridized carbons (Fsp3) is 0.500. The van der Waals surface area contributed by atoms with E-state index in [1.54, 1.807) is 13.1 Å². The second kappa shape index (κ2) is 14.1. The summed E-state index contributed by atoms with van der Waals surface area (Å²) in [6, 6.07) is 8.17. The van der Waals surface area contributed by atoms with E-state index in [0.29, 0.717) is 6.54 Å². The van der Waals surface area contributed by atoms with Gasteiger partial charge in [-0.15, -0.1) is 30.6 Å². The Hall–Kier alpha value is -1.28. The van der Waals surface area contributed by atoms with Crippen LogP contribution in [0.15, 0.2) is 41.9 Å². The first kappa shape index (κ1) is 22.7. The van der Waals surface area contributed by atoms with E-state index in [1.807, 2.05) is 12.1 Å². The van der Waals surface area contributed by atoms with Crippen LogP contribution >= 0.6 is 24.0 Å². The molecule has 1 aromatic rings. The van der Waals surface area contributed by atoms with Gasteiger partial charge in [0.2, 0.25) is 0 Å². The first-order chi connectivity index (χ1) is 11.2. The zero-order valence-corrected chi connectivity index (χ0v) is 17.4. The van der Waals surface area contributed by atoms with Crippen molar-refractivity contribution in [2.24, 2.45) is 4.99 Å². The quantitative estimate of drug-likeness (QED) is 0.251. The van der Waals surface area contributed by atoms with Crippen LogP contribution in [-0.4, -0.2) is 50.7 Å². The summed E-state index contributed by atoms with van der Waals surface area (Å²) in [5.41, 5.74) is 1.18. The number of nitrogens with zero attached hydrogens (tertiary/aromatic N) is 2. The number of hydrogen-bond acceptors (Lipinski definition) is 3. The molecule has 0 amide bonds. The van der Waals surface area contributed by atoms with E-state index >= 15 is 0 Å². The highest BCUT2D eigenvalue weighted by Crippen LogP contribution is 2.12. The molecule has 0 spiro atoms. The van der Waals surface area contributed by atoms with Gasteiger partial charge in [-0.2, -0.15) is 0 Å². The Morgan fingerprint density at radius 2 is 1.88 bits per heavy atom. The molecule has 1 aromatic carbocycles. The van der Waals surface area contributed by atoms with Gasteiger partial charge in [-0.05, 0) is 30.8 Å². The van der Waals surface area contributed by atoms with Crippen molar-refractivity contribution in [2.45, 2.75) is 20.4 Å². The third kappa shape index (κ3) is 9.12. The van der Waals surface area contributed by atoms with Gasteiger partial charge in [0.1, 0.15) is 12.4 Å². The minimum Gasteiger partial charge on any atom is -0.492 e. The minimum atomic E-state index is 0. The molecule has 0 saturated heterocycles. The molecular formula is C18H31IN4O. The third-order valence-corrected chi connectivity index (χ3v) is 3.59. The van der Waals surface area contributed by atoms with Crippen molar-refractivity contribution < 1.29 is 4.74 Å². The van der Waals surface area contributed by atoms with E-state index in [9.17, 15) is 0 Å². The van der Waals surface area contributed by atoms with E-state index in [-0.39, 0.29) is 24.0 Å². The largest absolute Gasteiger partial charge is 0.492 e. The number of likely N-dealkylation sites (N-methyl/N-ethyl adjacent to an activating group) is 1. The summed E-state index contributed by atoms with van der Waals surface area (Å²) in [6.07, 6.45) is 1.80. The fourth-order valence-corrected chi connectivity index (χ4v) is 2.11. The number of nitrogens with one attached hydrogen (secondary N) is 2. The van der Waals surface area contributed by atoms with Gasteiger partial charge in [0.15, 0.2) is 5.96 Å². The average Bonchev–Trinajstić information content (AvgIpc) is 2.60. The Morgan fingerprint density at radius 3 is 2.42 bits per heavy atom. The number of benzene rings is 1. The molecule has 0 aromatic heterocycles. The number of rotatable bonds is 10. The molecule has 0 heterocycles. The minimum absolute atomic E-state index is 0. The summed E-state index contributed by atoms with van der Waals surface area (Å²) in [5.74, 6) is 1.68. The second-order valence-corrected chi connectivity index (χ2v) is 5.11. The van der Waals surface area contributed by atoms with Crippen LogP contribution in [0, 0.1) is 0 Å². The van der Waals surface area contributed by atoms with Crippen molar-refractivity contribution in [1.82, 2.24) is 15.5 Å². The molecule has 0 saturated carbocycles. The Morgan fingerprint density at radius 1 is 1.21 bits per heavy atom. The topological polar surface area (TPSA) is 48.9 Å². The Bertz CT molecular complexity index is 472. The maximum atomic E-state index is 5.79. The van der Waals surface area contributed by atoms with Gasteiger partial charge in [0.05, 0.1) is 0 Å². The molecule has 1 rings (SSSR count). The molecule has 6 heteroatoms. The highest BCUT2D eigenvalue weighted by molar-refractivity contribution is 14.0. The van der Waals surface area contributed by atoms with Crippen molar-refractivity contribution >= 4 is 29.9 Å². The van der Waals surface area contributed by atoms with Crippen LogP contribution in [0.2, 0.25) is 0 Å². The molecule has 0 unspecified atom stereocenters. The summed E-state index contributed by atoms with van der Waals surface area (Å²) >= 11 is 0. The SMILES string of the molecule is C=CCNC(=NC)NCc1ccc(OCCN(CC)CC)cc1.I. The van der Waals surface area contributed by atoms with Crippen molar-refractivity contribution in [1.29, 1.82) is 0 Å². The summed E-state index contributed by atoms with van der Waals surface area (Å²) in [6.45, 7) is 13.2. The van der Waals surface area contributed by atoms with Crippen LogP contribution in [0.1, 0.15) is 19.4 Å². The van der Waals surface area contributed by atoms with Gasteiger partial charge < -0.3 is 20.3 Å². The molecule has 0 radical (unpaired) electrons. The molecule has 0 fully saturated rings. The van der Waals surface area contributed by atoms with Crippen LogP contribution < -0.4 is 15.4 Å². The Labute approximate surface area is 163 Å². The lowest BCUT2D eigenvalue weighted by Gasteiger charge is -2.18. The van der Waals surface area contributed by atoms with Crippen LogP contribution in [-0.2, 0) is 6.54 Å². The lowest BCUT2D eigenvalue weighted by atomic mass is 10.2. The smallest absolute Gasteiger partial charge is 0.191 e. The molecule has 0 aliphatic heterocycles. The molecule has 5 nitrogen and oxygen atoms in total. The molecular weight excluding hydrogens is 415 g/mol. The maximum absolute atomic E-state index is 5.79. The Balaban J connectivity index is 0.00000529. The molecule has 2 N–H and O–H groups in total. The zero-order valence-electron chi connectivity index (χ0n) is 15.0. The Kier molecular flexibility index (Phi) is 13.3. The highest BCUT2D eigenvalue weighted by Gasteiger charge is 2.01. The zero-order chi connectivity index (χ0) is 16.9. The first-order valence-electron chi connectivity index (χ1n) is 8.23. The lowest BCUT2D eigenvalue weighted by Crippen LogP contribution is -2.36. The van der Waals surface area contributed by atoms with Gasteiger partial charge in [-0.25, -0.2) is 0 Å². The molecule has 0 aliphatic carbocycles. The number of aliphatic imine (C=N–C) groups is 1. The standard InChI is InChI=1S/C18H30N4O.HI/c1-5-12-20-18(19-4)21-15-16-8-10-17(11-9-16)23-14-13-22(6-2)7-3;/h5,8-11H,1,6-7,12-15H2,2-4H3,(H2,19,20,21);1H. The third-order valence-electron chi connectivity index (χ3n) is 3.59. The van der Waals surface area contributed by atoms with E-state index in [0.717, 1.165) is 44.5 Å². The van der Waals surface area contributed by atoms with E-state index in [1.165, 1.54) is 5.56 Å².